The highest BCUT2D eigenvalue weighted by atomic mass is 16.4. The van der Waals surface area contributed by atoms with Crippen LogP contribution in [0.15, 0.2) is 4.79 Å². The number of nitrogens with one attached hydrogen (secondary N) is 1. The van der Waals surface area contributed by atoms with E-state index >= 15 is 0 Å². The van der Waals surface area contributed by atoms with Crippen molar-refractivity contribution in [3.63, 3.8) is 0 Å². The highest BCUT2D eigenvalue weighted by molar-refractivity contribution is 5.71. The molecule has 1 atom stereocenters. The first-order chi connectivity index (χ1) is 9.65. The summed E-state index contributed by atoms with van der Waals surface area (Å²) in [6.45, 7) is 1.18. The Morgan fingerprint density at radius 1 is 1.30 bits per heavy atom. The van der Waals surface area contributed by atoms with Crippen LogP contribution < -0.4 is 10.5 Å². The first-order valence-electron chi connectivity index (χ1n) is 7.25. The van der Waals surface area contributed by atoms with Crippen molar-refractivity contribution in [3.05, 3.63) is 21.6 Å². The minimum Gasteiger partial charge on any atom is -0.481 e. The van der Waals surface area contributed by atoms with Gasteiger partial charge >= 0.3 is 5.97 Å². The minimum absolute atomic E-state index is 0.0536. The zero-order valence-corrected chi connectivity index (χ0v) is 11.4. The minimum atomic E-state index is -0.769. The highest BCUT2D eigenvalue weighted by Gasteiger charge is 2.27. The monoisotopic (exact) mass is 277 g/mol. The SMILES string of the molecule is O=C(O)[C@@H]1CCCN(c2nc3c(c(=O)[nH]2)CCCC3)C1. The van der Waals surface area contributed by atoms with Crippen molar-refractivity contribution < 1.29 is 9.90 Å². The Hall–Kier alpha value is -1.85. The molecule has 1 aliphatic carbocycles. The smallest absolute Gasteiger partial charge is 0.308 e. The van der Waals surface area contributed by atoms with Crippen LogP contribution in [0.2, 0.25) is 0 Å². The zero-order valence-electron chi connectivity index (χ0n) is 11.4. The number of piperidine rings is 1. The maximum atomic E-state index is 12.1. The summed E-state index contributed by atoms with van der Waals surface area (Å²) in [7, 11) is 0. The molecule has 1 aromatic heterocycles. The third kappa shape index (κ3) is 2.42. The molecule has 0 unspecified atom stereocenters. The summed E-state index contributed by atoms with van der Waals surface area (Å²) in [6.07, 6.45) is 5.28. The molecule has 2 N–H and O–H groups in total. The van der Waals surface area contributed by atoms with Gasteiger partial charge < -0.3 is 10.0 Å². The van der Waals surface area contributed by atoms with Gasteiger partial charge in [-0.25, -0.2) is 4.98 Å². The van der Waals surface area contributed by atoms with Crippen LogP contribution in [0.3, 0.4) is 0 Å². The number of rotatable bonds is 2. The van der Waals surface area contributed by atoms with Gasteiger partial charge in [0.2, 0.25) is 5.95 Å². The predicted molar refractivity (Wildman–Crippen MR) is 74.1 cm³/mol. The second-order valence-corrected chi connectivity index (χ2v) is 5.65. The number of carboxylic acid groups (broad SMARTS) is 1. The van der Waals surface area contributed by atoms with Crippen LogP contribution in [0.1, 0.15) is 36.9 Å². The number of fused-ring (bicyclic) bond motifs is 1. The van der Waals surface area contributed by atoms with Crippen molar-refractivity contribution in [1.82, 2.24) is 9.97 Å². The number of hydrogen-bond donors (Lipinski definition) is 2. The van der Waals surface area contributed by atoms with Gasteiger partial charge in [-0.05, 0) is 38.5 Å². The molecule has 1 saturated heterocycles. The summed E-state index contributed by atoms with van der Waals surface area (Å²) in [5, 5.41) is 9.13. The van der Waals surface area contributed by atoms with E-state index in [1.807, 2.05) is 4.90 Å². The Kier molecular flexibility index (Phi) is 3.46. The van der Waals surface area contributed by atoms with Crippen molar-refractivity contribution in [2.24, 2.45) is 5.92 Å². The Morgan fingerprint density at radius 3 is 2.90 bits per heavy atom. The van der Waals surface area contributed by atoms with E-state index in [4.69, 9.17) is 5.11 Å². The fourth-order valence-electron chi connectivity index (χ4n) is 3.11. The summed E-state index contributed by atoms with van der Waals surface area (Å²) in [5.74, 6) is -0.596. The van der Waals surface area contributed by atoms with Gasteiger partial charge in [-0.3, -0.25) is 14.6 Å². The molecule has 6 heteroatoms. The first-order valence-corrected chi connectivity index (χ1v) is 7.25. The summed E-state index contributed by atoms with van der Waals surface area (Å²) < 4.78 is 0. The predicted octanol–water partition coefficient (Wildman–Crippen LogP) is 0.950. The third-order valence-corrected chi connectivity index (χ3v) is 4.25. The van der Waals surface area contributed by atoms with Gasteiger partial charge in [-0.1, -0.05) is 0 Å². The maximum Gasteiger partial charge on any atom is 0.308 e. The quantitative estimate of drug-likeness (QED) is 0.840. The summed E-state index contributed by atoms with van der Waals surface area (Å²) in [5.41, 5.74) is 1.65. The lowest BCUT2D eigenvalue weighted by molar-refractivity contribution is -0.141. The molecule has 0 radical (unpaired) electrons. The van der Waals surface area contributed by atoms with E-state index in [-0.39, 0.29) is 11.5 Å². The highest BCUT2D eigenvalue weighted by Crippen LogP contribution is 2.22. The van der Waals surface area contributed by atoms with Crippen LogP contribution >= 0.6 is 0 Å². The molecule has 6 nitrogen and oxygen atoms in total. The van der Waals surface area contributed by atoms with Crippen LogP contribution in [0, 0.1) is 5.92 Å². The topological polar surface area (TPSA) is 86.3 Å². The number of nitrogens with zero attached hydrogens (tertiary/aromatic N) is 2. The molecule has 0 amide bonds. The van der Waals surface area contributed by atoms with E-state index < -0.39 is 5.97 Å². The van der Waals surface area contributed by atoms with E-state index in [1.165, 1.54) is 0 Å². The van der Waals surface area contributed by atoms with Crippen molar-refractivity contribution >= 4 is 11.9 Å². The molecule has 0 spiro atoms. The number of H-pyrrole nitrogens is 1. The van der Waals surface area contributed by atoms with Crippen LogP contribution in [0.25, 0.3) is 0 Å². The number of carbonyl (C=O) groups is 1. The maximum absolute atomic E-state index is 12.1. The van der Waals surface area contributed by atoms with Crippen LogP contribution in [-0.4, -0.2) is 34.1 Å². The lowest BCUT2D eigenvalue weighted by Crippen LogP contribution is -2.40. The van der Waals surface area contributed by atoms with E-state index in [9.17, 15) is 9.59 Å². The van der Waals surface area contributed by atoms with Gasteiger partial charge in [0.05, 0.1) is 11.6 Å². The second-order valence-electron chi connectivity index (χ2n) is 5.65. The average molecular weight is 277 g/mol. The lowest BCUT2D eigenvalue weighted by Gasteiger charge is -2.31. The molecule has 0 bridgehead atoms. The number of aromatic amines is 1. The van der Waals surface area contributed by atoms with Crippen molar-refractivity contribution in [2.75, 3.05) is 18.0 Å². The van der Waals surface area contributed by atoms with Crippen LogP contribution in [-0.2, 0) is 17.6 Å². The standard InChI is InChI=1S/C14H19N3O3/c18-12-10-5-1-2-6-11(10)15-14(16-12)17-7-3-4-9(8-17)13(19)20/h9H,1-8H2,(H,19,20)(H,15,16,18)/t9-/m1/s1. The molecule has 2 heterocycles. The van der Waals surface area contributed by atoms with E-state index in [2.05, 4.69) is 9.97 Å². The lowest BCUT2D eigenvalue weighted by atomic mass is 9.97. The van der Waals surface area contributed by atoms with Crippen LogP contribution in [0.5, 0.6) is 0 Å². The summed E-state index contributed by atoms with van der Waals surface area (Å²) in [4.78, 5) is 32.5. The van der Waals surface area contributed by atoms with E-state index in [0.717, 1.165) is 49.9 Å². The van der Waals surface area contributed by atoms with Crippen molar-refractivity contribution in [3.8, 4) is 0 Å². The molecule has 1 aliphatic heterocycles. The van der Waals surface area contributed by atoms with E-state index in [1.54, 1.807) is 0 Å². The molecule has 0 saturated carbocycles. The number of anilines is 1. The molecule has 108 valence electrons. The third-order valence-electron chi connectivity index (χ3n) is 4.25. The molecule has 1 aromatic rings. The summed E-state index contributed by atoms with van der Waals surface area (Å²) >= 11 is 0. The normalized spacial score (nSPS) is 22.4. The van der Waals surface area contributed by atoms with Gasteiger partial charge in [0, 0.05) is 18.7 Å². The largest absolute Gasteiger partial charge is 0.481 e. The van der Waals surface area contributed by atoms with Gasteiger partial charge in [0.1, 0.15) is 0 Å². The second kappa shape index (κ2) is 5.26. The molecule has 20 heavy (non-hydrogen) atoms. The molecular weight excluding hydrogens is 258 g/mol. The molecular formula is C14H19N3O3. The molecule has 2 aliphatic rings. The van der Waals surface area contributed by atoms with Gasteiger partial charge in [-0.2, -0.15) is 0 Å². The Morgan fingerprint density at radius 2 is 2.10 bits per heavy atom. The summed E-state index contributed by atoms with van der Waals surface area (Å²) in [6, 6.07) is 0. The van der Waals surface area contributed by atoms with Crippen LogP contribution in [0.4, 0.5) is 5.95 Å². The Labute approximate surface area is 116 Å². The van der Waals surface area contributed by atoms with Crippen molar-refractivity contribution in [2.45, 2.75) is 38.5 Å². The fraction of sp³-hybridized carbons (Fsp3) is 0.643. The van der Waals surface area contributed by atoms with Gasteiger partial charge in [0.15, 0.2) is 0 Å². The van der Waals surface area contributed by atoms with Crippen molar-refractivity contribution in [1.29, 1.82) is 0 Å². The number of aliphatic carboxylic acids is 1. The van der Waals surface area contributed by atoms with E-state index in [0.29, 0.717) is 18.9 Å². The van der Waals surface area contributed by atoms with Gasteiger partial charge in [0.25, 0.3) is 5.56 Å². The molecule has 0 aromatic carbocycles. The fourth-order valence-corrected chi connectivity index (χ4v) is 3.11. The Bertz CT molecular complexity index is 582. The average Bonchev–Trinajstić information content (AvgIpc) is 2.47. The Balaban J connectivity index is 1.88. The number of aromatic nitrogens is 2. The molecule has 1 fully saturated rings. The number of aryl methyl sites for hydroxylation is 1. The van der Waals surface area contributed by atoms with Gasteiger partial charge in [-0.15, -0.1) is 0 Å². The molecule has 3 rings (SSSR count). The number of hydrogen-bond acceptors (Lipinski definition) is 4. The number of carboxylic acids is 1. The first kappa shape index (κ1) is 13.1. The zero-order chi connectivity index (χ0) is 14.1.